The Morgan fingerprint density at radius 2 is 2.07 bits per heavy atom. The zero-order valence-electron chi connectivity index (χ0n) is 7.93. The molecule has 0 spiro atoms. The predicted octanol–water partition coefficient (Wildman–Crippen LogP) is 1.37. The zero-order valence-corrected chi connectivity index (χ0v) is 7.93. The second kappa shape index (κ2) is 5.19. The zero-order chi connectivity index (χ0) is 10.4. The monoisotopic (exact) mass is 192 g/mol. The Morgan fingerprint density at radius 1 is 1.43 bits per heavy atom. The van der Waals surface area contributed by atoms with Crippen molar-refractivity contribution < 1.29 is 14.6 Å². The Bertz CT molecular complexity index is 325. The number of benzene rings is 1. The molecule has 0 bridgehead atoms. The van der Waals surface area contributed by atoms with Crippen LogP contribution in [0.15, 0.2) is 30.3 Å². The van der Waals surface area contributed by atoms with Crippen LogP contribution in [-0.4, -0.2) is 18.2 Å². The first kappa shape index (κ1) is 10.5. The van der Waals surface area contributed by atoms with Gasteiger partial charge in [0, 0.05) is 6.08 Å². The van der Waals surface area contributed by atoms with Crippen molar-refractivity contribution in [2.75, 3.05) is 7.11 Å². The third kappa shape index (κ3) is 3.03. The number of hydrogen-bond donors (Lipinski definition) is 1. The molecule has 0 heterocycles. The van der Waals surface area contributed by atoms with Gasteiger partial charge < -0.3 is 9.84 Å². The molecule has 0 aliphatic rings. The molecule has 1 rings (SSSR count). The first-order chi connectivity index (χ1) is 6.76. The van der Waals surface area contributed by atoms with Gasteiger partial charge in [-0.05, 0) is 17.2 Å². The second-order valence-corrected chi connectivity index (χ2v) is 2.76. The van der Waals surface area contributed by atoms with Crippen LogP contribution < -0.4 is 0 Å². The molecule has 0 amide bonds. The number of aliphatic hydroxyl groups is 1. The summed E-state index contributed by atoms with van der Waals surface area (Å²) in [4.78, 5) is 10.8. The molecular weight excluding hydrogens is 180 g/mol. The van der Waals surface area contributed by atoms with E-state index in [2.05, 4.69) is 4.74 Å². The highest BCUT2D eigenvalue weighted by Gasteiger charge is 1.92. The predicted molar refractivity (Wildman–Crippen MR) is 53.4 cm³/mol. The Labute approximate surface area is 82.6 Å². The Balaban J connectivity index is 2.68. The van der Waals surface area contributed by atoms with Crippen LogP contribution in [0.25, 0.3) is 6.08 Å². The molecule has 1 N–H and O–H groups in total. The number of hydrogen-bond acceptors (Lipinski definition) is 3. The number of ether oxygens (including phenoxy) is 1. The van der Waals surface area contributed by atoms with E-state index in [4.69, 9.17) is 5.11 Å². The number of methoxy groups -OCH3 is 1. The minimum atomic E-state index is -0.378. The molecule has 3 heteroatoms. The van der Waals surface area contributed by atoms with E-state index in [1.165, 1.54) is 13.2 Å². The van der Waals surface area contributed by atoms with Crippen LogP contribution in [0.2, 0.25) is 0 Å². The van der Waals surface area contributed by atoms with E-state index in [9.17, 15) is 4.79 Å². The van der Waals surface area contributed by atoms with Gasteiger partial charge in [-0.3, -0.25) is 0 Å². The van der Waals surface area contributed by atoms with Crippen molar-refractivity contribution >= 4 is 12.0 Å². The first-order valence-corrected chi connectivity index (χ1v) is 4.22. The van der Waals surface area contributed by atoms with E-state index in [-0.39, 0.29) is 12.6 Å². The lowest BCUT2D eigenvalue weighted by atomic mass is 10.1. The van der Waals surface area contributed by atoms with Gasteiger partial charge in [-0.15, -0.1) is 0 Å². The van der Waals surface area contributed by atoms with Gasteiger partial charge in [-0.2, -0.15) is 0 Å². The number of aliphatic hydroxyl groups excluding tert-OH is 1. The quantitative estimate of drug-likeness (QED) is 0.581. The maximum atomic E-state index is 10.8. The molecule has 1 aromatic carbocycles. The highest BCUT2D eigenvalue weighted by molar-refractivity contribution is 5.86. The first-order valence-electron chi connectivity index (χ1n) is 4.22. The highest BCUT2D eigenvalue weighted by Crippen LogP contribution is 2.05. The van der Waals surface area contributed by atoms with Gasteiger partial charge >= 0.3 is 5.97 Å². The summed E-state index contributed by atoms with van der Waals surface area (Å²) in [5.74, 6) is -0.378. The summed E-state index contributed by atoms with van der Waals surface area (Å²) in [5.41, 5.74) is 1.74. The van der Waals surface area contributed by atoms with Crippen LogP contribution >= 0.6 is 0 Å². The van der Waals surface area contributed by atoms with Crippen LogP contribution in [-0.2, 0) is 16.1 Å². The maximum absolute atomic E-state index is 10.8. The molecular formula is C11H12O3. The van der Waals surface area contributed by atoms with Gasteiger partial charge in [0.1, 0.15) is 0 Å². The standard InChI is InChI=1S/C11H12O3/c1-14-11(13)7-6-9-2-4-10(8-12)5-3-9/h2-7,12H,8H2,1H3/b7-6+. The van der Waals surface area contributed by atoms with Crippen LogP contribution in [0, 0.1) is 0 Å². The van der Waals surface area contributed by atoms with Gasteiger partial charge in [0.2, 0.25) is 0 Å². The number of carbonyl (C=O) groups excluding carboxylic acids is 1. The topological polar surface area (TPSA) is 46.5 Å². The van der Waals surface area contributed by atoms with Gasteiger partial charge in [-0.1, -0.05) is 24.3 Å². The average molecular weight is 192 g/mol. The van der Waals surface area contributed by atoms with Crippen molar-refractivity contribution in [3.05, 3.63) is 41.5 Å². The fraction of sp³-hybridized carbons (Fsp3) is 0.182. The molecule has 0 aliphatic carbocycles. The molecule has 0 unspecified atom stereocenters. The summed E-state index contributed by atoms with van der Waals surface area (Å²) < 4.78 is 4.45. The normalized spacial score (nSPS) is 10.4. The molecule has 0 saturated heterocycles. The van der Waals surface area contributed by atoms with Crippen molar-refractivity contribution in [1.82, 2.24) is 0 Å². The summed E-state index contributed by atoms with van der Waals surface area (Å²) >= 11 is 0. The molecule has 3 nitrogen and oxygen atoms in total. The van der Waals surface area contributed by atoms with Gasteiger partial charge in [-0.25, -0.2) is 4.79 Å². The molecule has 0 aliphatic heterocycles. The van der Waals surface area contributed by atoms with E-state index in [0.717, 1.165) is 11.1 Å². The molecule has 0 fully saturated rings. The van der Waals surface area contributed by atoms with E-state index < -0.39 is 0 Å². The van der Waals surface area contributed by atoms with Gasteiger partial charge in [0.25, 0.3) is 0 Å². The fourth-order valence-corrected chi connectivity index (χ4v) is 0.966. The second-order valence-electron chi connectivity index (χ2n) is 2.76. The van der Waals surface area contributed by atoms with Crippen LogP contribution in [0.4, 0.5) is 0 Å². The summed E-state index contributed by atoms with van der Waals surface area (Å²) in [6.45, 7) is 0.0288. The Morgan fingerprint density at radius 3 is 2.57 bits per heavy atom. The number of carbonyl (C=O) groups is 1. The lowest BCUT2D eigenvalue weighted by Gasteiger charge is -1.96. The molecule has 1 aromatic rings. The summed E-state index contributed by atoms with van der Waals surface area (Å²) in [6.07, 6.45) is 3.01. The van der Waals surface area contributed by atoms with Gasteiger partial charge in [0.05, 0.1) is 13.7 Å². The molecule has 0 atom stereocenters. The third-order valence-electron chi connectivity index (χ3n) is 1.78. The van der Waals surface area contributed by atoms with Crippen molar-refractivity contribution in [2.24, 2.45) is 0 Å². The van der Waals surface area contributed by atoms with Crippen molar-refractivity contribution in [1.29, 1.82) is 0 Å². The third-order valence-corrected chi connectivity index (χ3v) is 1.78. The van der Waals surface area contributed by atoms with Crippen LogP contribution in [0.1, 0.15) is 11.1 Å². The smallest absolute Gasteiger partial charge is 0.330 e. The molecule has 0 radical (unpaired) electrons. The SMILES string of the molecule is COC(=O)/C=C/c1ccc(CO)cc1. The van der Waals surface area contributed by atoms with Gasteiger partial charge in [0.15, 0.2) is 0 Å². The maximum Gasteiger partial charge on any atom is 0.330 e. The lowest BCUT2D eigenvalue weighted by Crippen LogP contribution is -1.93. The van der Waals surface area contributed by atoms with E-state index in [1.807, 2.05) is 12.1 Å². The lowest BCUT2D eigenvalue weighted by molar-refractivity contribution is -0.134. The Hall–Kier alpha value is -1.61. The molecule has 14 heavy (non-hydrogen) atoms. The molecule has 0 saturated carbocycles. The van der Waals surface area contributed by atoms with Crippen molar-refractivity contribution in [2.45, 2.75) is 6.61 Å². The van der Waals surface area contributed by atoms with E-state index in [1.54, 1.807) is 18.2 Å². The van der Waals surface area contributed by atoms with E-state index in [0.29, 0.717) is 0 Å². The molecule has 0 aromatic heterocycles. The number of rotatable bonds is 3. The average Bonchev–Trinajstić information content (AvgIpc) is 2.26. The van der Waals surface area contributed by atoms with Crippen LogP contribution in [0.5, 0.6) is 0 Å². The summed E-state index contributed by atoms with van der Waals surface area (Å²) in [5, 5.41) is 8.79. The molecule has 74 valence electrons. The minimum absolute atomic E-state index is 0.0288. The van der Waals surface area contributed by atoms with E-state index >= 15 is 0 Å². The highest BCUT2D eigenvalue weighted by atomic mass is 16.5. The van der Waals surface area contributed by atoms with Crippen LogP contribution in [0.3, 0.4) is 0 Å². The van der Waals surface area contributed by atoms with Crippen molar-refractivity contribution in [3.8, 4) is 0 Å². The largest absolute Gasteiger partial charge is 0.466 e. The summed E-state index contributed by atoms with van der Waals surface area (Å²) in [7, 11) is 1.33. The number of esters is 1. The Kier molecular flexibility index (Phi) is 3.88. The fourth-order valence-electron chi connectivity index (χ4n) is 0.966. The van der Waals surface area contributed by atoms with Crippen molar-refractivity contribution in [3.63, 3.8) is 0 Å². The summed E-state index contributed by atoms with van der Waals surface area (Å²) in [6, 6.07) is 7.25. The minimum Gasteiger partial charge on any atom is -0.466 e.